The normalized spacial score (nSPS) is 20.6. The Morgan fingerprint density at radius 1 is 1.79 bits per heavy atom. The summed E-state index contributed by atoms with van der Waals surface area (Å²) >= 11 is 4.92. The Kier molecular flexibility index (Phi) is 3.19. The standard InChI is InChI=1S/C8H11N3O2S/c1-3-4-9-7(14)5-6(12)10-11(2)8(5)13/h3,5H,1,4H2,2H3,(H,9,14)(H,10,12). The molecule has 0 aliphatic carbocycles. The van der Waals surface area contributed by atoms with Crippen molar-refractivity contribution in [2.45, 2.75) is 0 Å². The molecule has 1 atom stereocenters. The zero-order valence-corrected chi connectivity index (χ0v) is 8.56. The van der Waals surface area contributed by atoms with Crippen LogP contribution in [0.15, 0.2) is 12.7 Å². The Hall–Kier alpha value is -1.43. The van der Waals surface area contributed by atoms with Crippen molar-refractivity contribution in [2.75, 3.05) is 13.6 Å². The highest BCUT2D eigenvalue weighted by Gasteiger charge is 2.40. The predicted molar refractivity (Wildman–Crippen MR) is 55.2 cm³/mol. The minimum absolute atomic E-state index is 0.233. The van der Waals surface area contributed by atoms with E-state index in [4.69, 9.17) is 12.2 Å². The molecule has 5 nitrogen and oxygen atoms in total. The van der Waals surface area contributed by atoms with Gasteiger partial charge in [-0.15, -0.1) is 6.58 Å². The molecule has 0 aromatic carbocycles. The molecule has 0 aromatic rings. The Morgan fingerprint density at radius 3 is 2.86 bits per heavy atom. The summed E-state index contributed by atoms with van der Waals surface area (Å²) in [6, 6.07) is 0. The molecule has 0 bridgehead atoms. The summed E-state index contributed by atoms with van der Waals surface area (Å²) in [6.07, 6.45) is 1.60. The zero-order valence-electron chi connectivity index (χ0n) is 7.74. The summed E-state index contributed by atoms with van der Waals surface area (Å²) < 4.78 is 0. The highest BCUT2D eigenvalue weighted by atomic mass is 32.1. The maximum Gasteiger partial charge on any atom is 0.260 e. The molecule has 2 amide bonds. The van der Waals surface area contributed by atoms with Gasteiger partial charge in [-0.05, 0) is 0 Å². The zero-order chi connectivity index (χ0) is 10.7. The summed E-state index contributed by atoms with van der Waals surface area (Å²) in [5, 5.41) is 3.89. The maximum atomic E-state index is 11.4. The Bertz CT molecular complexity index is 303. The van der Waals surface area contributed by atoms with Crippen LogP contribution in [0.3, 0.4) is 0 Å². The van der Waals surface area contributed by atoms with E-state index in [0.717, 1.165) is 5.01 Å². The van der Waals surface area contributed by atoms with Crippen LogP contribution in [-0.4, -0.2) is 35.4 Å². The van der Waals surface area contributed by atoms with Gasteiger partial charge in [0.25, 0.3) is 11.8 Å². The van der Waals surface area contributed by atoms with Crippen molar-refractivity contribution in [2.24, 2.45) is 5.92 Å². The summed E-state index contributed by atoms with van der Waals surface area (Å²) in [5.41, 5.74) is 2.37. The van der Waals surface area contributed by atoms with E-state index < -0.39 is 5.92 Å². The summed E-state index contributed by atoms with van der Waals surface area (Å²) in [4.78, 5) is 22.9. The number of carbonyl (C=O) groups is 2. The Balaban J connectivity index is 2.67. The van der Waals surface area contributed by atoms with Crippen LogP contribution in [0.25, 0.3) is 0 Å². The quantitative estimate of drug-likeness (QED) is 0.366. The topological polar surface area (TPSA) is 61.4 Å². The molecule has 0 radical (unpaired) electrons. The van der Waals surface area contributed by atoms with Crippen LogP contribution in [0.1, 0.15) is 0 Å². The molecule has 1 aliphatic heterocycles. The summed E-state index contributed by atoms with van der Waals surface area (Å²) in [5.74, 6) is -1.62. The lowest BCUT2D eigenvalue weighted by atomic mass is 10.1. The predicted octanol–water partition coefficient (Wildman–Crippen LogP) is -0.791. The van der Waals surface area contributed by atoms with E-state index in [-0.39, 0.29) is 16.8 Å². The second-order valence-electron chi connectivity index (χ2n) is 2.84. The fourth-order valence-corrected chi connectivity index (χ4v) is 1.39. The van der Waals surface area contributed by atoms with Gasteiger partial charge in [0.1, 0.15) is 0 Å². The summed E-state index contributed by atoms with van der Waals surface area (Å²) in [7, 11) is 1.48. The first-order valence-corrected chi connectivity index (χ1v) is 4.45. The first-order valence-electron chi connectivity index (χ1n) is 4.04. The van der Waals surface area contributed by atoms with Crippen molar-refractivity contribution in [3.63, 3.8) is 0 Å². The first-order chi connectivity index (χ1) is 6.57. The SMILES string of the molecule is C=CCNC(=S)C1C(=O)NN(C)C1=O. The van der Waals surface area contributed by atoms with Crippen molar-refractivity contribution in [3.05, 3.63) is 12.7 Å². The van der Waals surface area contributed by atoms with Crippen molar-refractivity contribution < 1.29 is 9.59 Å². The average Bonchev–Trinajstić information content (AvgIpc) is 2.38. The van der Waals surface area contributed by atoms with Crippen LogP contribution in [0.2, 0.25) is 0 Å². The van der Waals surface area contributed by atoms with Gasteiger partial charge >= 0.3 is 0 Å². The van der Waals surface area contributed by atoms with Crippen LogP contribution in [-0.2, 0) is 9.59 Å². The molecule has 1 fully saturated rings. The van der Waals surface area contributed by atoms with Crippen molar-refractivity contribution in [3.8, 4) is 0 Å². The second kappa shape index (κ2) is 4.19. The third kappa shape index (κ3) is 1.90. The highest BCUT2D eigenvalue weighted by Crippen LogP contribution is 2.09. The number of nitrogens with one attached hydrogen (secondary N) is 2. The van der Waals surface area contributed by atoms with Gasteiger partial charge in [-0.2, -0.15) is 0 Å². The van der Waals surface area contributed by atoms with Crippen molar-refractivity contribution >= 4 is 29.0 Å². The van der Waals surface area contributed by atoms with Gasteiger partial charge in [-0.1, -0.05) is 18.3 Å². The van der Waals surface area contributed by atoms with Gasteiger partial charge in [0.2, 0.25) is 0 Å². The van der Waals surface area contributed by atoms with Crippen LogP contribution < -0.4 is 10.7 Å². The van der Waals surface area contributed by atoms with Crippen LogP contribution in [0.4, 0.5) is 0 Å². The largest absolute Gasteiger partial charge is 0.375 e. The van der Waals surface area contributed by atoms with E-state index in [1.165, 1.54) is 7.05 Å². The average molecular weight is 213 g/mol. The number of carbonyl (C=O) groups excluding carboxylic acids is 2. The molecule has 1 unspecified atom stereocenters. The molecule has 2 N–H and O–H groups in total. The van der Waals surface area contributed by atoms with E-state index in [9.17, 15) is 9.59 Å². The van der Waals surface area contributed by atoms with Gasteiger partial charge in [-0.3, -0.25) is 20.0 Å². The third-order valence-corrected chi connectivity index (χ3v) is 2.18. The monoisotopic (exact) mass is 213 g/mol. The van der Waals surface area contributed by atoms with E-state index >= 15 is 0 Å². The molecule has 0 saturated carbocycles. The van der Waals surface area contributed by atoms with Gasteiger partial charge in [0.15, 0.2) is 5.92 Å². The van der Waals surface area contributed by atoms with Crippen LogP contribution in [0, 0.1) is 5.92 Å². The minimum Gasteiger partial charge on any atom is -0.375 e. The van der Waals surface area contributed by atoms with Gasteiger partial charge in [-0.25, -0.2) is 0 Å². The lowest BCUT2D eigenvalue weighted by Crippen LogP contribution is -2.36. The Labute approximate surface area is 87.1 Å². The molecule has 0 aromatic heterocycles. The second-order valence-corrected chi connectivity index (χ2v) is 3.28. The van der Waals surface area contributed by atoms with Gasteiger partial charge < -0.3 is 5.32 Å². The number of hydrogen-bond donors (Lipinski definition) is 2. The molecular weight excluding hydrogens is 202 g/mol. The summed E-state index contributed by atoms with van der Waals surface area (Å²) in [6.45, 7) is 3.94. The van der Waals surface area contributed by atoms with Gasteiger partial charge in [0, 0.05) is 13.6 Å². The third-order valence-electron chi connectivity index (χ3n) is 1.80. The molecule has 0 spiro atoms. The molecule has 1 saturated heterocycles. The molecule has 14 heavy (non-hydrogen) atoms. The van der Waals surface area contributed by atoms with Crippen molar-refractivity contribution in [1.29, 1.82) is 0 Å². The van der Waals surface area contributed by atoms with Crippen molar-refractivity contribution in [1.82, 2.24) is 15.8 Å². The number of hydrazine groups is 1. The van der Waals surface area contributed by atoms with E-state index in [2.05, 4.69) is 17.3 Å². The van der Waals surface area contributed by atoms with E-state index in [0.29, 0.717) is 6.54 Å². The van der Waals surface area contributed by atoms with E-state index in [1.54, 1.807) is 6.08 Å². The number of amides is 2. The molecular formula is C8H11N3O2S. The molecule has 6 heteroatoms. The molecule has 1 aliphatic rings. The fourth-order valence-electron chi connectivity index (χ4n) is 1.10. The number of hydrogen-bond acceptors (Lipinski definition) is 3. The van der Waals surface area contributed by atoms with Gasteiger partial charge in [0.05, 0.1) is 4.99 Å². The maximum absolute atomic E-state index is 11.4. The fraction of sp³-hybridized carbons (Fsp3) is 0.375. The molecule has 1 heterocycles. The number of rotatable bonds is 3. The lowest BCUT2D eigenvalue weighted by Gasteiger charge is -2.09. The number of nitrogens with zero attached hydrogens (tertiary/aromatic N) is 1. The van der Waals surface area contributed by atoms with E-state index in [1.807, 2.05) is 0 Å². The smallest absolute Gasteiger partial charge is 0.260 e. The first kappa shape index (κ1) is 10.6. The highest BCUT2D eigenvalue weighted by molar-refractivity contribution is 7.80. The number of thiocarbonyl (C=S) groups is 1. The van der Waals surface area contributed by atoms with Crippen LogP contribution >= 0.6 is 12.2 Å². The Morgan fingerprint density at radius 2 is 2.43 bits per heavy atom. The molecule has 1 rings (SSSR count). The minimum atomic E-state index is -0.894. The molecule has 76 valence electrons. The lowest BCUT2D eigenvalue weighted by molar-refractivity contribution is -0.129. The van der Waals surface area contributed by atoms with Crippen LogP contribution in [0.5, 0.6) is 0 Å².